The van der Waals surface area contributed by atoms with Crippen molar-refractivity contribution in [2.24, 2.45) is 0 Å². The summed E-state index contributed by atoms with van der Waals surface area (Å²) in [6.45, 7) is 7.32. The van der Waals surface area contributed by atoms with E-state index in [1.807, 2.05) is 16.7 Å². The average Bonchev–Trinajstić information content (AvgIpc) is 2.76. The summed E-state index contributed by atoms with van der Waals surface area (Å²) in [4.78, 5) is 32.6. The standard InChI is InChI=1S/C21H30F2N4O3/c1-16(17-3-4-18(22)19(23)13-17)24(2)14-20(28)26-7-5-25(6-8-26)15-21(29)27-9-11-30-12-10-27/h3-4,13,16H,5-12,14-15H2,1-2H3. The van der Waals surface area contributed by atoms with Gasteiger partial charge in [-0.15, -0.1) is 0 Å². The molecule has 1 unspecified atom stereocenters. The lowest BCUT2D eigenvalue weighted by molar-refractivity contribution is -0.138. The minimum Gasteiger partial charge on any atom is -0.378 e. The molecule has 0 bridgehead atoms. The quantitative estimate of drug-likeness (QED) is 0.681. The van der Waals surface area contributed by atoms with Crippen LogP contribution in [0.1, 0.15) is 18.5 Å². The highest BCUT2D eigenvalue weighted by Gasteiger charge is 2.26. The van der Waals surface area contributed by atoms with Gasteiger partial charge in [0.25, 0.3) is 0 Å². The molecule has 1 aromatic rings. The topological polar surface area (TPSA) is 56.3 Å². The molecule has 0 spiro atoms. The summed E-state index contributed by atoms with van der Waals surface area (Å²) < 4.78 is 31.9. The Bertz CT molecular complexity index is 750. The Morgan fingerprint density at radius 1 is 1.00 bits per heavy atom. The van der Waals surface area contributed by atoms with E-state index in [1.54, 1.807) is 11.9 Å². The Kier molecular flexibility index (Phi) is 7.74. The van der Waals surface area contributed by atoms with Gasteiger partial charge in [0.1, 0.15) is 0 Å². The molecule has 1 aromatic carbocycles. The summed E-state index contributed by atoms with van der Waals surface area (Å²) >= 11 is 0. The fraction of sp³-hybridized carbons (Fsp3) is 0.619. The zero-order valence-electron chi connectivity index (χ0n) is 17.6. The van der Waals surface area contributed by atoms with Gasteiger partial charge in [0, 0.05) is 45.3 Å². The molecule has 0 saturated carbocycles. The lowest BCUT2D eigenvalue weighted by atomic mass is 10.1. The molecule has 0 aliphatic carbocycles. The number of amides is 2. The predicted molar refractivity (Wildman–Crippen MR) is 108 cm³/mol. The van der Waals surface area contributed by atoms with Gasteiger partial charge < -0.3 is 14.5 Å². The zero-order valence-corrected chi connectivity index (χ0v) is 17.6. The van der Waals surface area contributed by atoms with Gasteiger partial charge >= 0.3 is 0 Å². The first-order chi connectivity index (χ1) is 14.3. The molecule has 7 nitrogen and oxygen atoms in total. The number of hydrogen-bond acceptors (Lipinski definition) is 5. The number of hydrogen-bond donors (Lipinski definition) is 0. The molecule has 2 amide bonds. The maximum atomic E-state index is 13.5. The molecule has 3 rings (SSSR count). The Labute approximate surface area is 176 Å². The number of carbonyl (C=O) groups is 2. The molecule has 30 heavy (non-hydrogen) atoms. The molecule has 2 aliphatic heterocycles. The Balaban J connectivity index is 1.44. The largest absolute Gasteiger partial charge is 0.378 e. The van der Waals surface area contributed by atoms with Crippen LogP contribution in [0.5, 0.6) is 0 Å². The Morgan fingerprint density at radius 2 is 1.63 bits per heavy atom. The lowest BCUT2D eigenvalue weighted by Crippen LogP contribution is -2.53. The van der Waals surface area contributed by atoms with E-state index in [9.17, 15) is 18.4 Å². The first kappa shape index (κ1) is 22.6. The summed E-state index contributed by atoms with van der Waals surface area (Å²) in [6, 6.07) is 3.59. The number of carbonyl (C=O) groups excluding carboxylic acids is 2. The SMILES string of the molecule is CC(c1ccc(F)c(F)c1)N(C)CC(=O)N1CCN(CC(=O)N2CCOCC2)CC1. The highest BCUT2D eigenvalue weighted by molar-refractivity contribution is 5.79. The summed E-state index contributed by atoms with van der Waals surface area (Å²) in [5.74, 6) is -1.67. The van der Waals surface area contributed by atoms with E-state index < -0.39 is 11.6 Å². The number of ether oxygens (including phenoxy) is 1. The van der Waals surface area contributed by atoms with E-state index in [2.05, 4.69) is 4.90 Å². The molecule has 0 N–H and O–H groups in total. The lowest BCUT2D eigenvalue weighted by Gasteiger charge is -2.37. The average molecular weight is 424 g/mol. The third kappa shape index (κ3) is 5.74. The van der Waals surface area contributed by atoms with Crippen LogP contribution >= 0.6 is 0 Å². The van der Waals surface area contributed by atoms with E-state index >= 15 is 0 Å². The molecule has 1 atom stereocenters. The number of nitrogens with zero attached hydrogens (tertiary/aromatic N) is 4. The van der Waals surface area contributed by atoms with Gasteiger partial charge in [-0.25, -0.2) is 8.78 Å². The maximum absolute atomic E-state index is 13.5. The van der Waals surface area contributed by atoms with E-state index in [4.69, 9.17) is 4.74 Å². The fourth-order valence-electron chi connectivity index (χ4n) is 3.74. The van der Waals surface area contributed by atoms with Crippen molar-refractivity contribution in [2.75, 3.05) is 72.6 Å². The van der Waals surface area contributed by atoms with Crippen molar-refractivity contribution in [1.82, 2.24) is 19.6 Å². The number of benzene rings is 1. The smallest absolute Gasteiger partial charge is 0.236 e. The highest BCUT2D eigenvalue weighted by atomic mass is 19.2. The van der Waals surface area contributed by atoms with Crippen LogP contribution < -0.4 is 0 Å². The molecule has 0 radical (unpaired) electrons. The van der Waals surface area contributed by atoms with Crippen LogP contribution in [-0.4, -0.2) is 104 Å². The molecule has 2 heterocycles. The van der Waals surface area contributed by atoms with Gasteiger partial charge in [-0.05, 0) is 31.7 Å². The molecule has 0 aromatic heterocycles. The van der Waals surface area contributed by atoms with Crippen molar-refractivity contribution in [3.8, 4) is 0 Å². The molecule has 2 saturated heterocycles. The van der Waals surface area contributed by atoms with Gasteiger partial charge in [-0.2, -0.15) is 0 Å². The maximum Gasteiger partial charge on any atom is 0.236 e. The number of piperazine rings is 1. The first-order valence-corrected chi connectivity index (χ1v) is 10.4. The minimum atomic E-state index is -0.887. The van der Waals surface area contributed by atoms with Crippen molar-refractivity contribution < 1.29 is 23.1 Å². The van der Waals surface area contributed by atoms with Crippen LogP contribution in [0.4, 0.5) is 8.78 Å². The van der Waals surface area contributed by atoms with Crippen LogP contribution in [0.15, 0.2) is 18.2 Å². The van der Waals surface area contributed by atoms with E-state index in [0.717, 1.165) is 6.07 Å². The van der Waals surface area contributed by atoms with Gasteiger partial charge in [0.15, 0.2) is 11.6 Å². The van der Waals surface area contributed by atoms with E-state index in [-0.39, 0.29) is 24.4 Å². The van der Waals surface area contributed by atoms with Crippen molar-refractivity contribution in [3.05, 3.63) is 35.4 Å². The minimum absolute atomic E-state index is 0.00825. The van der Waals surface area contributed by atoms with Crippen LogP contribution in [0.2, 0.25) is 0 Å². The zero-order chi connectivity index (χ0) is 21.7. The van der Waals surface area contributed by atoms with Gasteiger partial charge in [0.05, 0.1) is 26.3 Å². The number of likely N-dealkylation sites (N-methyl/N-ethyl adjacent to an activating group) is 1. The number of rotatable bonds is 6. The van der Waals surface area contributed by atoms with Crippen molar-refractivity contribution in [3.63, 3.8) is 0 Å². The molecular weight excluding hydrogens is 394 g/mol. The van der Waals surface area contributed by atoms with Crippen LogP contribution in [0.25, 0.3) is 0 Å². The number of morpholine rings is 1. The summed E-state index contributed by atoms with van der Waals surface area (Å²) in [6.07, 6.45) is 0. The second-order valence-electron chi connectivity index (χ2n) is 7.91. The second kappa shape index (κ2) is 10.3. The van der Waals surface area contributed by atoms with Crippen LogP contribution in [0.3, 0.4) is 0 Å². The highest BCUT2D eigenvalue weighted by Crippen LogP contribution is 2.21. The summed E-state index contributed by atoms with van der Waals surface area (Å²) in [7, 11) is 1.79. The second-order valence-corrected chi connectivity index (χ2v) is 7.91. The summed E-state index contributed by atoms with van der Waals surface area (Å²) in [5.41, 5.74) is 0.621. The molecular formula is C21H30F2N4O3. The third-order valence-electron chi connectivity index (χ3n) is 5.92. The monoisotopic (exact) mass is 424 g/mol. The predicted octanol–water partition coefficient (Wildman–Crippen LogP) is 0.961. The van der Waals surface area contributed by atoms with Crippen molar-refractivity contribution >= 4 is 11.8 Å². The van der Waals surface area contributed by atoms with Gasteiger partial charge in [-0.3, -0.25) is 19.4 Å². The van der Waals surface area contributed by atoms with Crippen molar-refractivity contribution in [1.29, 1.82) is 0 Å². The molecule has 2 aliphatic rings. The normalized spacial score (nSPS) is 19.2. The van der Waals surface area contributed by atoms with Gasteiger partial charge in [0.2, 0.25) is 11.8 Å². The Hall–Kier alpha value is -2.10. The fourth-order valence-corrected chi connectivity index (χ4v) is 3.74. The molecule has 2 fully saturated rings. The van der Waals surface area contributed by atoms with Crippen molar-refractivity contribution in [2.45, 2.75) is 13.0 Å². The van der Waals surface area contributed by atoms with Crippen LogP contribution in [-0.2, 0) is 14.3 Å². The Morgan fingerprint density at radius 3 is 2.27 bits per heavy atom. The van der Waals surface area contributed by atoms with E-state index in [0.29, 0.717) is 64.6 Å². The summed E-state index contributed by atoms with van der Waals surface area (Å²) in [5, 5.41) is 0. The van der Waals surface area contributed by atoms with E-state index in [1.165, 1.54) is 12.1 Å². The van der Waals surface area contributed by atoms with Gasteiger partial charge in [-0.1, -0.05) is 6.07 Å². The first-order valence-electron chi connectivity index (χ1n) is 10.4. The number of halogens is 2. The molecule has 9 heteroatoms. The van der Waals surface area contributed by atoms with Crippen LogP contribution in [0, 0.1) is 11.6 Å². The molecule has 166 valence electrons. The third-order valence-corrected chi connectivity index (χ3v) is 5.92.